The van der Waals surface area contributed by atoms with Crippen molar-refractivity contribution in [1.29, 1.82) is 0 Å². The van der Waals surface area contributed by atoms with Crippen molar-refractivity contribution in [2.45, 2.75) is 70.0 Å². The van der Waals surface area contributed by atoms with Gasteiger partial charge in [0.15, 0.2) is 17.6 Å². The van der Waals surface area contributed by atoms with Crippen LogP contribution in [-0.2, 0) is 19.9 Å². The van der Waals surface area contributed by atoms with Crippen LogP contribution in [-0.4, -0.2) is 63.8 Å². The number of aliphatic hydroxyl groups excluding tert-OH is 1. The Hall–Kier alpha value is -5.92. The van der Waals surface area contributed by atoms with Crippen LogP contribution in [0.15, 0.2) is 83.7 Å². The lowest BCUT2D eigenvalue weighted by atomic mass is 9.80. The first-order valence-electron chi connectivity index (χ1n) is 18.3. The molecule has 0 saturated carbocycles. The molecule has 1 fully saturated rings. The summed E-state index contributed by atoms with van der Waals surface area (Å²) < 4.78 is 25.9. The Balaban J connectivity index is 1.36. The second kappa shape index (κ2) is 17.5. The van der Waals surface area contributed by atoms with Crippen LogP contribution >= 0.6 is 0 Å². The highest BCUT2D eigenvalue weighted by atomic mass is 16.6. The van der Waals surface area contributed by atoms with Crippen molar-refractivity contribution < 1.29 is 28.8 Å². The van der Waals surface area contributed by atoms with Crippen LogP contribution in [0.5, 0.6) is 11.5 Å². The number of ether oxygens (including phenoxy) is 4. The maximum Gasteiger partial charge on any atom is 0.264 e. The molecule has 55 heavy (non-hydrogen) atoms. The largest absolute Gasteiger partial charge is 0.497 e. The van der Waals surface area contributed by atoms with Gasteiger partial charge < -0.3 is 24.1 Å². The zero-order chi connectivity index (χ0) is 39.0. The zero-order valence-electron chi connectivity index (χ0n) is 31.4. The molecule has 3 aromatic carbocycles. The summed E-state index contributed by atoms with van der Waals surface area (Å²) in [5.74, 6) is 9.42. The minimum absolute atomic E-state index is 0.0299. The van der Waals surface area contributed by atoms with Gasteiger partial charge in [-0.25, -0.2) is 4.68 Å². The number of rotatable bonds is 14. The summed E-state index contributed by atoms with van der Waals surface area (Å²) in [5, 5.41) is 19.0. The molecule has 0 spiro atoms. The molecule has 12 nitrogen and oxygen atoms in total. The van der Waals surface area contributed by atoms with Gasteiger partial charge >= 0.3 is 0 Å². The third-order valence-electron chi connectivity index (χ3n) is 9.52. The number of methoxy groups -OCH3 is 2. The van der Waals surface area contributed by atoms with E-state index < -0.39 is 29.6 Å². The number of hydrogen-bond donors (Lipinski definition) is 3. The number of anilines is 1. The zero-order valence-corrected chi connectivity index (χ0v) is 31.4. The van der Waals surface area contributed by atoms with Gasteiger partial charge in [0.1, 0.15) is 28.6 Å². The molecule has 1 saturated heterocycles. The summed E-state index contributed by atoms with van der Waals surface area (Å²) >= 11 is 0. The number of terminal acetylenes is 1. The normalized spacial score (nSPS) is 16.7. The number of aliphatic hydroxyl groups is 1. The predicted molar refractivity (Wildman–Crippen MR) is 209 cm³/mol. The first kappa shape index (κ1) is 38.8. The van der Waals surface area contributed by atoms with Gasteiger partial charge in [0, 0.05) is 25.2 Å². The Morgan fingerprint density at radius 1 is 1.00 bits per heavy atom. The highest BCUT2D eigenvalue weighted by molar-refractivity contribution is 5.91. The van der Waals surface area contributed by atoms with Gasteiger partial charge in [-0.2, -0.15) is 10.1 Å². The van der Waals surface area contributed by atoms with Crippen LogP contribution in [0.1, 0.15) is 74.6 Å². The molecule has 0 aliphatic carbocycles. The van der Waals surface area contributed by atoms with Crippen molar-refractivity contribution in [1.82, 2.24) is 19.7 Å². The minimum Gasteiger partial charge on any atom is -0.497 e. The smallest absolute Gasteiger partial charge is 0.264 e. The molecule has 0 bridgehead atoms. The number of carbonyl (C=O) groups is 1. The second-order valence-electron chi connectivity index (χ2n) is 13.5. The number of fused-ring (bicyclic) bond motifs is 1. The maximum absolute atomic E-state index is 13.5. The highest BCUT2D eigenvalue weighted by Gasteiger charge is 2.42. The van der Waals surface area contributed by atoms with Gasteiger partial charge in [0.2, 0.25) is 11.9 Å². The van der Waals surface area contributed by atoms with Crippen molar-refractivity contribution in [3.8, 4) is 35.7 Å². The number of H-pyrrole nitrogens is 1. The van der Waals surface area contributed by atoms with E-state index in [1.54, 1.807) is 28.1 Å². The standard InChI is InChI=1S/C43H45N5O7/c1-6-7-8-9-10-14-17-34-38-39(44-42(46-41(38)51)45-40(50)28(2)3)48(47-34)37-26-35(49)36(55-37)27-54-43(29-15-12-11-13-16-29,30-18-22-32(52-4)23-19-30)31-20-24-33(53-5)25-21-31/h1,11-13,15-16,18-25,28,35-37,49H,7-10,26-27H2,2-5H3,(H2,44,45,46,50,51)/t35-,36+,37+/m0/s1. The van der Waals surface area contributed by atoms with Crippen molar-refractivity contribution in [3.63, 3.8) is 0 Å². The van der Waals surface area contributed by atoms with Gasteiger partial charge in [-0.3, -0.25) is 19.9 Å². The van der Waals surface area contributed by atoms with E-state index in [0.717, 1.165) is 29.5 Å². The van der Waals surface area contributed by atoms with Gasteiger partial charge in [-0.05, 0) is 59.7 Å². The van der Waals surface area contributed by atoms with E-state index in [9.17, 15) is 14.7 Å². The Kier molecular flexibility index (Phi) is 12.3. The van der Waals surface area contributed by atoms with Crippen LogP contribution in [0.3, 0.4) is 0 Å². The van der Waals surface area contributed by atoms with Crippen LogP contribution in [0.2, 0.25) is 0 Å². The Bertz CT molecular complexity index is 2200. The molecular formula is C43H45N5O7. The molecule has 284 valence electrons. The number of aromatic amines is 1. The van der Waals surface area contributed by atoms with E-state index in [2.05, 4.69) is 38.1 Å². The number of carbonyl (C=O) groups excluding carboxylic acids is 1. The van der Waals surface area contributed by atoms with E-state index >= 15 is 0 Å². The fraction of sp³-hybridized carbons (Fsp3) is 0.349. The molecule has 1 aliphatic rings. The monoisotopic (exact) mass is 743 g/mol. The number of benzene rings is 3. The lowest BCUT2D eigenvalue weighted by Crippen LogP contribution is -2.38. The number of unbranched alkanes of at least 4 members (excludes halogenated alkanes) is 3. The Morgan fingerprint density at radius 2 is 1.62 bits per heavy atom. The lowest BCUT2D eigenvalue weighted by Gasteiger charge is -2.37. The van der Waals surface area contributed by atoms with Gasteiger partial charge in [-0.15, -0.1) is 12.3 Å². The SMILES string of the molecule is C#CCCCCC#Cc1nn([C@H]2C[C@H](O)[C@@H](COC(c3ccccc3)(c3ccc(OC)cc3)c3ccc(OC)cc3)O2)c2nc(NC(=O)C(C)C)[nH]c(=O)c12. The Morgan fingerprint density at radius 3 is 2.22 bits per heavy atom. The molecule has 0 unspecified atom stereocenters. The van der Waals surface area contributed by atoms with E-state index in [0.29, 0.717) is 24.3 Å². The number of nitrogens with zero attached hydrogens (tertiary/aromatic N) is 3. The fourth-order valence-corrected chi connectivity index (χ4v) is 6.54. The van der Waals surface area contributed by atoms with Crippen molar-refractivity contribution in [2.24, 2.45) is 5.92 Å². The molecule has 1 aliphatic heterocycles. The molecule has 0 radical (unpaired) electrons. The average molecular weight is 744 g/mol. The summed E-state index contributed by atoms with van der Waals surface area (Å²) in [5.41, 5.74) is 1.23. The molecule has 12 heteroatoms. The summed E-state index contributed by atoms with van der Waals surface area (Å²) in [6, 6.07) is 25.2. The second-order valence-corrected chi connectivity index (χ2v) is 13.5. The van der Waals surface area contributed by atoms with Crippen LogP contribution in [0, 0.1) is 30.1 Å². The van der Waals surface area contributed by atoms with Gasteiger partial charge in [0.25, 0.3) is 5.56 Å². The van der Waals surface area contributed by atoms with E-state index in [1.807, 2.05) is 78.9 Å². The van der Waals surface area contributed by atoms with Gasteiger partial charge in [0.05, 0.1) is 26.9 Å². The first-order valence-corrected chi connectivity index (χ1v) is 18.3. The van der Waals surface area contributed by atoms with E-state index in [4.69, 9.17) is 25.4 Å². The summed E-state index contributed by atoms with van der Waals surface area (Å²) in [4.78, 5) is 33.3. The van der Waals surface area contributed by atoms with E-state index in [1.165, 1.54) is 4.68 Å². The predicted octanol–water partition coefficient (Wildman–Crippen LogP) is 5.93. The maximum atomic E-state index is 13.5. The quantitative estimate of drug-likeness (QED) is 0.0715. The molecule has 6 rings (SSSR count). The number of nitrogens with one attached hydrogen (secondary N) is 2. The summed E-state index contributed by atoms with van der Waals surface area (Å²) in [7, 11) is 3.23. The molecule has 3 atom stereocenters. The summed E-state index contributed by atoms with van der Waals surface area (Å²) in [6.07, 6.45) is 5.73. The van der Waals surface area contributed by atoms with Crippen LogP contribution < -0.4 is 20.3 Å². The first-order chi connectivity index (χ1) is 26.7. The lowest BCUT2D eigenvalue weighted by molar-refractivity contribution is -0.118. The minimum atomic E-state index is -1.14. The topological polar surface area (TPSA) is 150 Å². The number of aromatic nitrogens is 4. The van der Waals surface area contributed by atoms with Crippen molar-refractivity contribution in [2.75, 3.05) is 26.1 Å². The third-order valence-corrected chi connectivity index (χ3v) is 9.52. The van der Waals surface area contributed by atoms with Gasteiger partial charge in [-0.1, -0.05) is 74.4 Å². The van der Waals surface area contributed by atoms with Crippen LogP contribution in [0.25, 0.3) is 11.0 Å². The van der Waals surface area contributed by atoms with Crippen LogP contribution in [0.4, 0.5) is 5.95 Å². The van der Waals surface area contributed by atoms with E-state index in [-0.39, 0.29) is 47.5 Å². The fourth-order valence-electron chi connectivity index (χ4n) is 6.54. The molecular weight excluding hydrogens is 699 g/mol. The average Bonchev–Trinajstić information content (AvgIpc) is 3.76. The third kappa shape index (κ3) is 8.43. The summed E-state index contributed by atoms with van der Waals surface area (Å²) in [6.45, 7) is 3.44. The molecule has 5 aromatic rings. The molecule has 3 heterocycles. The molecule has 2 aromatic heterocycles. The number of hydrogen-bond acceptors (Lipinski definition) is 9. The number of amides is 1. The van der Waals surface area contributed by atoms with Crippen molar-refractivity contribution >= 4 is 22.9 Å². The molecule has 3 N–H and O–H groups in total. The molecule has 1 amide bonds. The highest BCUT2D eigenvalue weighted by Crippen LogP contribution is 2.43. The Labute approximate surface area is 320 Å². The van der Waals surface area contributed by atoms with Crippen molar-refractivity contribution in [3.05, 3.63) is 112 Å².